The molecule has 0 fully saturated rings. The van der Waals surface area contributed by atoms with E-state index in [9.17, 15) is 10.2 Å². The van der Waals surface area contributed by atoms with Crippen LogP contribution in [0, 0.1) is 0 Å². The third kappa shape index (κ3) is 11.1. The monoisotopic (exact) mass is 322 g/mol. The number of allylic oxidation sites excluding steroid dienone is 3. The largest absolute Gasteiger partial charge is 0.392 e. The van der Waals surface area contributed by atoms with E-state index >= 15 is 0 Å². The normalized spacial score (nSPS) is 16.8. The topological polar surface area (TPSA) is 60.7 Å². The molecule has 0 bridgehead atoms. The predicted molar refractivity (Wildman–Crippen MR) is 98.3 cm³/mol. The van der Waals surface area contributed by atoms with Gasteiger partial charge in [-0.05, 0) is 64.9 Å². The first-order valence-corrected chi connectivity index (χ1v) is 8.35. The predicted octanol–water partition coefficient (Wildman–Crippen LogP) is 4.07. The molecule has 0 aliphatic rings. The molecule has 0 rings (SSSR count). The molecular formula is C20H34O3. The van der Waals surface area contributed by atoms with Gasteiger partial charge in [0.2, 0.25) is 0 Å². The van der Waals surface area contributed by atoms with Crippen molar-refractivity contribution in [1.29, 1.82) is 0 Å². The molecule has 0 aromatic rings. The summed E-state index contributed by atoms with van der Waals surface area (Å²) in [5.41, 5.74) is 2.19. The molecule has 0 saturated carbocycles. The minimum atomic E-state index is -0.815. The Bertz CT molecular complexity index is 430. The average molecular weight is 322 g/mol. The molecule has 23 heavy (non-hydrogen) atoms. The molecule has 0 radical (unpaired) electrons. The van der Waals surface area contributed by atoms with Crippen molar-refractivity contribution in [3.05, 3.63) is 48.1 Å². The van der Waals surface area contributed by atoms with Crippen LogP contribution >= 0.6 is 0 Å². The first-order chi connectivity index (χ1) is 10.7. The van der Waals surface area contributed by atoms with Gasteiger partial charge < -0.3 is 15.3 Å². The molecule has 0 heterocycles. The van der Waals surface area contributed by atoms with E-state index in [1.807, 2.05) is 19.9 Å². The van der Waals surface area contributed by atoms with Crippen molar-refractivity contribution in [2.45, 2.75) is 71.0 Å². The molecule has 0 aromatic heterocycles. The van der Waals surface area contributed by atoms with Crippen LogP contribution in [0.3, 0.4) is 0 Å². The van der Waals surface area contributed by atoms with Crippen molar-refractivity contribution in [1.82, 2.24) is 0 Å². The Morgan fingerprint density at radius 1 is 1.13 bits per heavy atom. The zero-order valence-electron chi connectivity index (χ0n) is 15.0. The molecule has 0 saturated heterocycles. The van der Waals surface area contributed by atoms with Gasteiger partial charge in [0.05, 0.1) is 18.3 Å². The molecule has 1 unspecified atom stereocenters. The summed E-state index contributed by atoms with van der Waals surface area (Å²) in [6, 6.07) is 0. The van der Waals surface area contributed by atoms with Crippen molar-refractivity contribution in [3.8, 4) is 0 Å². The van der Waals surface area contributed by atoms with E-state index in [1.165, 1.54) is 5.57 Å². The summed E-state index contributed by atoms with van der Waals surface area (Å²) in [4.78, 5) is 0. The van der Waals surface area contributed by atoms with Crippen LogP contribution in [0.1, 0.15) is 59.3 Å². The number of aliphatic hydroxyl groups is 3. The van der Waals surface area contributed by atoms with Crippen LogP contribution in [0.25, 0.3) is 0 Å². The smallest absolute Gasteiger partial charge is 0.0800 e. The quantitative estimate of drug-likeness (QED) is 0.475. The Morgan fingerprint density at radius 3 is 2.30 bits per heavy atom. The maximum Gasteiger partial charge on any atom is 0.0800 e. The maximum absolute atomic E-state index is 10.1. The van der Waals surface area contributed by atoms with Crippen LogP contribution in [0.5, 0.6) is 0 Å². The first kappa shape index (κ1) is 21.8. The van der Waals surface area contributed by atoms with Gasteiger partial charge in [0.1, 0.15) is 0 Å². The molecule has 0 amide bonds. The zero-order valence-corrected chi connectivity index (χ0v) is 15.0. The van der Waals surface area contributed by atoms with Gasteiger partial charge in [0.15, 0.2) is 0 Å². The molecule has 132 valence electrons. The van der Waals surface area contributed by atoms with Crippen molar-refractivity contribution in [3.63, 3.8) is 0 Å². The van der Waals surface area contributed by atoms with Gasteiger partial charge in [0.25, 0.3) is 0 Å². The van der Waals surface area contributed by atoms with E-state index in [-0.39, 0.29) is 6.61 Å². The fraction of sp³-hybridized carbons (Fsp3) is 0.600. The third-order valence-corrected chi connectivity index (χ3v) is 4.07. The average Bonchev–Trinajstić information content (AvgIpc) is 2.51. The second-order valence-corrected chi connectivity index (χ2v) is 6.61. The molecule has 3 N–H and O–H groups in total. The second-order valence-electron chi connectivity index (χ2n) is 6.61. The van der Waals surface area contributed by atoms with Gasteiger partial charge in [-0.25, -0.2) is 0 Å². The molecule has 3 nitrogen and oxygen atoms in total. The minimum absolute atomic E-state index is 0.0811. The van der Waals surface area contributed by atoms with Crippen LogP contribution < -0.4 is 0 Å². The Kier molecular flexibility index (Phi) is 10.8. The van der Waals surface area contributed by atoms with Crippen LogP contribution in [0.2, 0.25) is 0 Å². The highest BCUT2D eigenvalue weighted by molar-refractivity contribution is 5.08. The van der Waals surface area contributed by atoms with Crippen LogP contribution in [0.4, 0.5) is 0 Å². The van der Waals surface area contributed by atoms with E-state index in [0.29, 0.717) is 12.8 Å². The molecule has 2 atom stereocenters. The standard InChI is InChI=1S/C20H34O3/c1-6-20(5,23)14-8-10-16(2)12-13-19(22)18(4)11-7-9-17(3)15-21/h6,9-10,19,21-23H,1,4,7-8,11-15H2,2-3,5H3/b16-10+,17-9-/t19?,20-/m1/s1. The van der Waals surface area contributed by atoms with Crippen LogP contribution in [0.15, 0.2) is 48.1 Å². The highest BCUT2D eigenvalue weighted by atomic mass is 16.3. The zero-order chi connectivity index (χ0) is 17.9. The molecule has 3 heteroatoms. The van der Waals surface area contributed by atoms with Crippen LogP contribution in [-0.2, 0) is 0 Å². The first-order valence-electron chi connectivity index (χ1n) is 8.35. The van der Waals surface area contributed by atoms with E-state index in [2.05, 4.69) is 19.2 Å². The van der Waals surface area contributed by atoms with Gasteiger partial charge in [-0.15, -0.1) is 6.58 Å². The minimum Gasteiger partial charge on any atom is -0.392 e. The molecular weight excluding hydrogens is 288 g/mol. The van der Waals surface area contributed by atoms with Gasteiger partial charge in [-0.2, -0.15) is 0 Å². The van der Waals surface area contributed by atoms with Gasteiger partial charge in [-0.3, -0.25) is 0 Å². The van der Waals surface area contributed by atoms with E-state index in [1.54, 1.807) is 13.0 Å². The van der Waals surface area contributed by atoms with Crippen molar-refractivity contribution < 1.29 is 15.3 Å². The molecule has 0 aliphatic heterocycles. The summed E-state index contributed by atoms with van der Waals surface area (Å²) in [6.45, 7) is 13.3. The summed E-state index contributed by atoms with van der Waals surface area (Å²) >= 11 is 0. The van der Waals surface area contributed by atoms with Crippen LogP contribution in [-0.4, -0.2) is 33.6 Å². The SMILES string of the molecule is C=C[C@@](C)(O)CC/C=C(\C)CCC(O)C(=C)CC/C=C(/C)CO. The molecule has 0 aromatic carbocycles. The van der Waals surface area contributed by atoms with Crippen molar-refractivity contribution >= 4 is 0 Å². The maximum atomic E-state index is 10.1. The Morgan fingerprint density at radius 2 is 1.74 bits per heavy atom. The van der Waals surface area contributed by atoms with Crippen molar-refractivity contribution in [2.75, 3.05) is 6.61 Å². The lowest BCUT2D eigenvalue weighted by Crippen LogP contribution is -2.19. The summed E-state index contributed by atoms with van der Waals surface area (Å²) in [5.74, 6) is 0. The highest BCUT2D eigenvalue weighted by Gasteiger charge is 2.13. The van der Waals surface area contributed by atoms with E-state index < -0.39 is 11.7 Å². The van der Waals surface area contributed by atoms with Gasteiger partial charge in [-0.1, -0.05) is 36.0 Å². The van der Waals surface area contributed by atoms with Crippen molar-refractivity contribution in [2.24, 2.45) is 0 Å². The van der Waals surface area contributed by atoms with E-state index in [0.717, 1.165) is 36.8 Å². The van der Waals surface area contributed by atoms with Gasteiger partial charge in [0, 0.05) is 0 Å². The number of rotatable bonds is 12. The lowest BCUT2D eigenvalue weighted by atomic mass is 9.97. The number of hydrogen-bond donors (Lipinski definition) is 3. The molecule has 0 spiro atoms. The molecule has 0 aliphatic carbocycles. The fourth-order valence-electron chi connectivity index (χ4n) is 2.12. The Hall–Kier alpha value is -1.16. The lowest BCUT2D eigenvalue weighted by molar-refractivity contribution is 0.103. The summed E-state index contributed by atoms with van der Waals surface area (Å²) in [5, 5.41) is 28.9. The number of aliphatic hydroxyl groups excluding tert-OH is 2. The summed E-state index contributed by atoms with van der Waals surface area (Å²) in [6.07, 6.45) is 9.65. The lowest BCUT2D eigenvalue weighted by Gasteiger charge is -2.17. The Balaban J connectivity index is 4.09. The Labute approximate surface area is 141 Å². The van der Waals surface area contributed by atoms with Gasteiger partial charge >= 0.3 is 0 Å². The fourth-order valence-corrected chi connectivity index (χ4v) is 2.12. The summed E-state index contributed by atoms with van der Waals surface area (Å²) in [7, 11) is 0. The number of hydrogen-bond acceptors (Lipinski definition) is 3. The highest BCUT2D eigenvalue weighted by Crippen LogP contribution is 2.18. The second kappa shape index (κ2) is 11.4. The van der Waals surface area contributed by atoms with E-state index in [4.69, 9.17) is 5.11 Å². The third-order valence-electron chi connectivity index (χ3n) is 4.07. The summed E-state index contributed by atoms with van der Waals surface area (Å²) < 4.78 is 0.